The average molecular weight is 552 g/mol. The summed E-state index contributed by atoms with van der Waals surface area (Å²) >= 11 is 8.23. The first-order valence-corrected chi connectivity index (χ1v) is 12.6. The maximum atomic E-state index is 13.9. The molecule has 1 aromatic heterocycles. The summed E-state index contributed by atoms with van der Waals surface area (Å²) in [7, 11) is 0. The highest BCUT2D eigenvalue weighted by Crippen LogP contribution is 2.45. The largest absolute Gasteiger partial charge is 0.502 e. The van der Waals surface area contributed by atoms with Gasteiger partial charge in [-0.2, -0.15) is 13.2 Å². The van der Waals surface area contributed by atoms with E-state index in [0.29, 0.717) is 21.2 Å². The van der Waals surface area contributed by atoms with Crippen molar-refractivity contribution in [1.82, 2.24) is 9.58 Å². The number of hydrogen-bond donors (Lipinski definition) is 2. The summed E-state index contributed by atoms with van der Waals surface area (Å²) in [5, 5.41) is 22.3. The van der Waals surface area contributed by atoms with Crippen molar-refractivity contribution < 1.29 is 28.2 Å². The third-order valence-corrected chi connectivity index (χ3v) is 8.17. The molecule has 0 spiro atoms. The van der Waals surface area contributed by atoms with E-state index in [0.717, 1.165) is 22.9 Å². The van der Waals surface area contributed by atoms with Gasteiger partial charge in [0.2, 0.25) is 5.43 Å². The number of hydrogen-bond acceptors (Lipinski definition) is 6. The smallest absolute Gasteiger partial charge is 0.408 e. The van der Waals surface area contributed by atoms with Crippen molar-refractivity contribution >= 4 is 29.3 Å². The third-order valence-electron chi connectivity index (χ3n) is 6.70. The summed E-state index contributed by atoms with van der Waals surface area (Å²) in [5.74, 6) is -1.64. The minimum atomic E-state index is -4.77. The number of rotatable bonds is 3. The number of aromatic nitrogens is 1. The number of halogens is 4. The lowest BCUT2D eigenvalue weighted by atomic mass is 9.94. The molecule has 2 N–H and O–H groups in total. The second-order valence-corrected chi connectivity index (χ2v) is 10.2. The van der Waals surface area contributed by atoms with E-state index in [1.54, 1.807) is 30.0 Å². The number of benzene rings is 2. The van der Waals surface area contributed by atoms with Crippen molar-refractivity contribution in [3.8, 4) is 5.75 Å². The van der Waals surface area contributed by atoms with E-state index < -0.39 is 54.3 Å². The molecule has 2 aliphatic heterocycles. The first-order valence-electron chi connectivity index (χ1n) is 11.3. The zero-order valence-corrected chi connectivity index (χ0v) is 20.9. The van der Waals surface area contributed by atoms with Gasteiger partial charge in [0.1, 0.15) is 18.8 Å². The fourth-order valence-corrected chi connectivity index (χ4v) is 6.11. The number of aromatic hydroxyl groups is 1. The summed E-state index contributed by atoms with van der Waals surface area (Å²) in [4.78, 5) is 27.4. The topological polar surface area (TPSA) is 86.0 Å². The number of pyridine rings is 1. The summed E-state index contributed by atoms with van der Waals surface area (Å²) in [5.41, 5.74) is 0.340. The van der Waals surface area contributed by atoms with Crippen molar-refractivity contribution in [3.63, 3.8) is 0 Å². The normalized spacial score (nSPS) is 18.1. The van der Waals surface area contributed by atoms with Crippen molar-refractivity contribution in [1.29, 1.82) is 0 Å². The maximum absolute atomic E-state index is 13.9. The van der Waals surface area contributed by atoms with E-state index in [-0.39, 0.29) is 5.56 Å². The molecule has 2 aliphatic rings. The highest BCUT2D eigenvalue weighted by molar-refractivity contribution is 7.98. The first kappa shape index (κ1) is 25.5. The van der Waals surface area contributed by atoms with Gasteiger partial charge in [0.05, 0.1) is 6.61 Å². The van der Waals surface area contributed by atoms with Gasteiger partial charge in [-0.1, -0.05) is 41.9 Å². The van der Waals surface area contributed by atoms with Crippen LogP contribution in [0.5, 0.6) is 5.75 Å². The second kappa shape index (κ2) is 9.30. The Kier molecular flexibility index (Phi) is 6.41. The Morgan fingerprint density at radius 2 is 1.89 bits per heavy atom. The standard InChI is InChI=1S/C25H21ClF3N3O4S/c1-13(25(27,28)29)30-12-32(31-9-15(10-33)22(34)23(35)21(31)24(30)36)20-16-6-2-3-8-18(16)37-11-14-5-4-7-17(26)19(14)20/h2-9,13,20,33,35H,10-12H2,1H3/t13-,20?/m1/s1. The van der Waals surface area contributed by atoms with Gasteiger partial charge >= 0.3 is 6.18 Å². The van der Waals surface area contributed by atoms with Crippen molar-refractivity contribution in [2.24, 2.45) is 0 Å². The van der Waals surface area contributed by atoms with Crippen LogP contribution in [-0.4, -0.2) is 44.6 Å². The number of aliphatic hydroxyl groups is 1. The van der Waals surface area contributed by atoms with Gasteiger partial charge in [-0.3, -0.25) is 19.3 Å². The first-order chi connectivity index (χ1) is 17.5. The molecule has 12 heteroatoms. The van der Waals surface area contributed by atoms with Crippen LogP contribution < -0.4 is 10.4 Å². The fraction of sp³-hybridized carbons (Fsp3) is 0.280. The van der Waals surface area contributed by atoms with Crippen LogP contribution in [0.25, 0.3) is 0 Å². The van der Waals surface area contributed by atoms with Gasteiger partial charge in [-0.15, -0.1) is 11.8 Å². The molecule has 0 aliphatic carbocycles. The van der Waals surface area contributed by atoms with Crippen LogP contribution in [0.1, 0.15) is 45.7 Å². The summed E-state index contributed by atoms with van der Waals surface area (Å²) in [6.45, 7) is -0.430. The number of fused-ring (bicyclic) bond motifs is 3. The predicted molar refractivity (Wildman–Crippen MR) is 132 cm³/mol. The number of aliphatic hydroxyl groups excluding tert-OH is 1. The molecule has 0 bridgehead atoms. The number of thioether (sulfide) groups is 1. The molecular formula is C25H21ClF3N3O4S. The van der Waals surface area contributed by atoms with Crippen LogP contribution in [0.4, 0.5) is 13.2 Å². The Bertz CT molecular complexity index is 1460. The van der Waals surface area contributed by atoms with E-state index in [1.165, 1.54) is 15.9 Å². The number of carbonyl (C=O) groups excluding carboxylic acids is 1. The molecule has 0 fully saturated rings. The van der Waals surface area contributed by atoms with E-state index in [4.69, 9.17) is 11.6 Å². The highest BCUT2D eigenvalue weighted by atomic mass is 35.5. The van der Waals surface area contributed by atoms with Gasteiger partial charge in [0, 0.05) is 33.0 Å². The van der Waals surface area contributed by atoms with E-state index >= 15 is 0 Å². The number of carbonyl (C=O) groups is 1. The molecule has 0 saturated heterocycles. The Morgan fingerprint density at radius 1 is 1.16 bits per heavy atom. The molecule has 0 saturated carbocycles. The van der Waals surface area contributed by atoms with Crippen molar-refractivity contribution in [3.05, 3.63) is 91.9 Å². The summed E-state index contributed by atoms with van der Waals surface area (Å²) in [6.07, 6.45) is -3.58. The lowest BCUT2D eigenvalue weighted by Gasteiger charge is -2.46. The molecule has 5 rings (SSSR count). The Balaban J connectivity index is 1.83. The molecular weight excluding hydrogens is 531 g/mol. The van der Waals surface area contributed by atoms with E-state index in [2.05, 4.69) is 0 Å². The number of alkyl halides is 3. The molecule has 0 radical (unpaired) electrons. The minimum absolute atomic E-state index is 0.216. The van der Waals surface area contributed by atoms with Crippen LogP contribution >= 0.6 is 23.4 Å². The molecule has 3 heterocycles. The fourth-order valence-electron chi connectivity index (χ4n) is 4.73. The highest BCUT2D eigenvalue weighted by Gasteiger charge is 2.48. The van der Waals surface area contributed by atoms with Gasteiger partial charge in [-0.05, 0) is 30.2 Å². The van der Waals surface area contributed by atoms with Crippen LogP contribution in [0.15, 0.2) is 58.4 Å². The average Bonchev–Trinajstić information content (AvgIpc) is 3.03. The van der Waals surface area contributed by atoms with Gasteiger partial charge in [-0.25, -0.2) is 0 Å². The molecule has 3 aromatic rings. The molecule has 2 atom stereocenters. The number of amides is 1. The lowest BCUT2D eigenvalue weighted by molar-refractivity contribution is -0.173. The Morgan fingerprint density at radius 3 is 2.59 bits per heavy atom. The zero-order chi connectivity index (χ0) is 26.6. The van der Waals surface area contributed by atoms with Gasteiger partial charge < -0.3 is 15.1 Å². The molecule has 2 aromatic carbocycles. The summed E-state index contributed by atoms with van der Waals surface area (Å²) < 4.78 is 42.7. The second-order valence-electron chi connectivity index (χ2n) is 8.80. The summed E-state index contributed by atoms with van der Waals surface area (Å²) in [6, 6.07) is 9.69. The lowest BCUT2D eigenvalue weighted by Crippen LogP contribution is -2.60. The molecule has 194 valence electrons. The SMILES string of the molecule is C[C@@H](N1CN(C2c3ccccc3SCc3cccc(Cl)c32)n2cc(CO)c(=O)c(O)c2C1=O)C(F)(F)F. The molecule has 7 nitrogen and oxygen atoms in total. The third kappa shape index (κ3) is 4.14. The van der Waals surface area contributed by atoms with E-state index in [1.807, 2.05) is 24.3 Å². The van der Waals surface area contributed by atoms with E-state index in [9.17, 15) is 33.0 Å². The number of nitrogens with zero attached hydrogens (tertiary/aromatic N) is 3. The minimum Gasteiger partial charge on any atom is -0.502 e. The monoisotopic (exact) mass is 551 g/mol. The zero-order valence-electron chi connectivity index (χ0n) is 19.4. The molecule has 37 heavy (non-hydrogen) atoms. The van der Waals surface area contributed by atoms with Crippen LogP contribution in [-0.2, 0) is 12.4 Å². The van der Waals surface area contributed by atoms with Crippen LogP contribution in [0.3, 0.4) is 0 Å². The Labute approximate surface area is 218 Å². The Hall–Kier alpha value is -3.15. The maximum Gasteiger partial charge on any atom is 0.408 e. The van der Waals surface area contributed by atoms with Gasteiger partial charge in [0.15, 0.2) is 11.4 Å². The quantitative estimate of drug-likeness (QED) is 0.502. The van der Waals surface area contributed by atoms with Crippen molar-refractivity contribution in [2.45, 2.75) is 42.4 Å². The van der Waals surface area contributed by atoms with Crippen LogP contribution in [0, 0.1) is 0 Å². The molecule has 1 amide bonds. The van der Waals surface area contributed by atoms with Gasteiger partial charge in [0.25, 0.3) is 5.91 Å². The van der Waals surface area contributed by atoms with Crippen molar-refractivity contribution in [2.75, 3.05) is 11.7 Å². The van der Waals surface area contributed by atoms with Crippen LogP contribution in [0.2, 0.25) is 5.02 Å². The predicted octanol–water partition coefficient (Wildman–Crippen LogP) is 4.40. The molecule has 1 unspecified atom stereocenters.